The average molecular weight is 298 g/mol. The van der Waals surface area contributed by atoms with Crippen molar-refractivity contribution in [2.24, 2.45) is 5.73 Å². The van der Waals surface area contributed by atoms with Crippen LogP contribution in [0.3, 0.4) is 0 Å². The van der Waals surface area contributed by atoms with Crippen molar-refractivity contribution in [2.45, 2.75) is 58.0 Å². The van der Waals surface area contributed by atoms with E-state index in [9.17, 15) is 8.42 Å². The molecule has 0 radical (unpaired) electrons. The molecule has 0 spiro atoms. The Morgan fingerprint density at radius 2 is 1.85 bits per heavy atom. The van der Waals surface area contributed by atoms with E-state index in [1.165, 1.54) is 4.31 Å². The number of aryl methyl sites for hydroxylation is 2. The van der Waals surface area contributed by atoms with Crippen LogP contribution in [0.1, 0.15) is 43.4 Å². The predicted octanol–water partition coefficient (Wildman–Crippen LogP) is 2.57. The summed E-state index contributed by atoms with van der Waals surface area (Å²) in [4.78, 5) is 0.369. The minimum absolute atomic E-state index is 0.00738. The van der Waals surface area contributed by atoms with Gasteiger partial charge in [0.15, 0.2) is 0 Å². The van der Waals surface area contributed by atoms with Crippen molar-refractivity contribution in [3.05, 3.63) is 28.8 Å². The topological polar surface area (TPSA) is 63.4 Å². The molecule has 0 heterocycles. The van der Waals surface area contributed by atoms with E-state index in [-0.39, 0.29) is 6.04 Å². The van der Waals surface area contributed by atoms with Crippen LogP contribution in [0.4, 0.5) is 0 Å². The molecule has 1 unspecified atom stereocenters. The molecule has 4 nitrogen and oxygen atoms in total. The lowest BCUT2D eigenvalue weighted by Gasteiger charge is -2.25. The first-order chi connectivity index (χ1) is 9.25. The maximum absolute atomic E-state index is 12.7. The van der Waals surface area contributed by atoms with Crippen LogP contribution < -0.4 is 5.73 Å². The standard InChI is InChI=1S/C15H26N2O2S/c1-6-7-13(4)17(5)20(18,19)15-9-14(10-16)11(2)8-12(15)3/h8-9,13H,6-7,10,16H2,1-5H3. The SMILES string of the molecule is CCCC(C)N(C)S(=O)(=O)c1cc(CN)c(C)cc1C. The summed E-state index contributed by atoms with van der Waals surface area (Å²) in [7, 11) is -1.81. The lowest BCUT2D eigenvalue weighted by atomic mass is 10.1. The van der Waals surface area contributed by atoms with Crippen LogP contribution in [-0.4, -0.2) is 25.8 Å². The summed E-state index contributed by atoms with van der Waals surface area (Å²) < 4.78 is 26.9. The molecule has 0 aliphatic heterocycles. The number of nitrogens with zero attached hydrogens (tertiary/aromatic N) is 1. The van der Waals surface area contributed by atoms with Crippen LogP contribution in [0.25, 0.3) is 0 Å². The molecule has 0 fully saturated rings. The molecule has 0 bridgehead atoms. The molecule has 0 amide bonds. The Kier molecular flexibility index (Phi) is 5.74. The Hall–Kier alpha value is -0.910. The zero-order chi connectivity index (χ0) is 15.5. The van der Waals surface area contributed by atoms with Gasteiger partial charge in [0.25, 0.3) is 0 Å². The van der Waals surface area contributed by atoms with Crippen molar-refractivity contribution in [2.75, 3.05) is 7.05 Å². The third-order valence-corrected chi connectivity index (χ3v) is 5.95. The number of nitrogens with two attached hydrogens (primary N) is 1. The highest BCUT2D eigenvalue weighted by molar-refractivity contribution is 7.89. The van der Waals surface area contributed by atoms with E-state index in [1.54, 1.807) is 13.1 Å². The molecule has 0 saturated heterocycles. The summed E-state index contributed by atoms with van der Waals surface area (Å²) in [5, 5.41) is 0. The minimum Gasteiger partial charge on any atom is -0.326 e. The summed E-state index contributed by atoms with van der Waals surface area (Å²) >= 11 is 0. The van der Waals surface area contributed by atoms with Gasteiger partial charge in [0.2, 0.25) is 10.0 Å². The van der Waals surface area contributed by atoms with Crippen molar-refractivity contribution in [3.63, 3.8) is 0 Å². The molecule has 1 aromatic carbocycles. The van der Waals surface area contributed by atoms with Crippen LogP contribution >= 0.6 is 0 Å². The van der Waals surface area contributed by atoms with Gasteiger partial charge in [0, 0.05) is 19.6 Å². The highest BCUT2D eigenvalue weighted by atomic mass is 32.2. The lowest BCUT2D eigenvalue weighted by Crippen LogP contribution is -2.35. The number of hydrogen-bond acceptors (Lipinski definition) is 3. The van der Waals surface area contributed by atoms with E-state index in [0.29, 0.717) is 11.4 Å². The number of benzene rings is 1. The van der Waals surface area contributed by atoms with Crippen molar-refractivity contribution in [1.82, 2.24) is 4.31 Å². The maximum Gasteiger partial charge on any atom is 0.243 e. The monoisotopic (exact) mass is 298 g/mol. The van der Waals surface area contributed by atoms with Crippen molar-refractivity contribution < 1.29 is 8.42 Å². The van der Waals surface area contributed by atoms with E-state index in [1.807, 2.05) is 26.8 Å². The van der Waals surface area contributed by atoms with Gasteiger partial charge in [-0.3, -0.25) is 0 Å². The molecule has 0 aromatic heterocycles. The first-order valence-electron chi connectivity index (χ1n) is 7.03. The smallest absolute Gasteiger partial charge is 0.243 e. The van der Waals surface area contributed by atoms with E-state index in [0.717, 1.165) is 29.5 Å². The normalized spacial score (nSPS) is 13.8. The molecular formula is C15H26N2O2S. The van der Waals surface area contributed by atoms with Gasteiger partial charge in [0.1, 0.15) is 0 Å². The Bertz CT molecular complexity index is 567. The molecule has 1 atom stereocenters. The molecule has 0 aliphatic carbocycles. The Labute approximate surface area is 123 Å². The van der Waals surface area contributed by atoms with Gasteiger partial charge in [-0.2, -0.15) is 4.31 Å². The molecule has 2 N–H and O–H groups in total. The molecule has 0 aliphatic rings. The number of sulfonamides is 1. The Morgan fingerprint density at radius 1 is 1.25 bits per heavy atom. The van der Waals surface area contributed by atoms with Crippen LogP contribution in [0.2, 0.25) is 0 Å². The van der Waals surface area contributed by atoms with Gasteiger partial charge < -0.3 is 5.73 Å². The van der Waals surface area contributed by atoms with Gasteiger partial charge in [-0.25, -0.2) is 8.42 Å². The highest BCUT2D eigenvalue weighted by Gasteiger charge is 2.26. The predicted molar refractivity (Wildman–Crippen MR) is 83.1 cm³/mol. The summed E-state index contributed by atoms with van der Waals surface area (Å²) in [6.45, 7) is 8.13. The van der Waals surface area contributed by atoms with Crippen LogP contribution in [0.15, 0.2) is 17.0 Å². The fourth-order valence-electron chi connectivity index (χ4n) is 2.36. The van der Waals surface area contributed by atoms with Gasteiger partial charge in [-0.05, 0) is 49.9 Å². The minimum atomic E-state index is -3.46. The summed E-state index contributed by atoms with van der Waals surface area (Å²) in [5.41, 5.74) is 8.38. The zero-order valence-corrected chi connectivity index (χ0v) is 13.9. The molecule has 1 aromatic rings. The molecule has 1 rings (SSSR count). The zero-order valence-electron chi connectivity index (χ0n) is 13.1. The quantitative estimate of drug-likeness (QED) is 0.878. The van der Waals surface area contributed by atoms with Gasteiger partial charge in [0.05, 0.1) is 4.90 Å². The van der Waals surface area contributed by atoms with Crippen molar-refractivity contribution in [3.8, 4) is 0 Å². The van der Waals surface area contributed by atoms with Crippen LogP contribution in [-0.2, 0) is 16.6 Å². The van der Waals surface area contributed by atoms with E-state index >= 15 is 0 Å². The van der Waals surface area contributed by atoms with Gasteiger partial charge >= 0.3 is 0 Å². The second kappa shape index (κ2) is 6.70. The van der Waals surface area contributed by atoms with Crippen LogP contribution in [0, 0.1) is 13.8 Å². The van der Waals surface area contributed by atoms with E-state index in [2.05, 4.69) is 6.92 Å². The second-order valence-corrected chi connectivity index (χ2v) is 7.37. The molecule has 114 valence electrons. The fraction of sp³-hybridized carbons (Fsp3) is 0.600. The second-order valence-electron chi connectivity index (χ2n) is 5.41. The lowest BCUT2D eigenvalue weighted by molar-refractivity contribution is 0.368. The largest absolute Gasteiger partial charge is 0.326 e. The third-order valence-electron chi connectivity index (χ3n) is 3.84. The molecule has 0 saturated carbocycles. The molecular weight excluding hydrogens is 272 g/mol. The fourth-order valence-corrected chi connectivity index (χ4v) is 4.01. The van der Waals surface area contributed by atoms with Gasteiger partial charge in [-0.15, -0.1) is 0 Å². The number of hydrogen-bond donors (Lipinski definition) is 1. The summed E-state index contributed by atoms with van der Waals surface area (Å²) in [5.74, 6) is 0. The molecule has 5 heteroatoms. The Morgan fingerprint density at radius 3 is 2.35 bits per heavy atom. The van der Waals surface area contributed by atoms with Crippen LogP contribution in [0.5, 0.6) is 0 Å². The third kappa shape index (κ3) is 3.40. The van der Waals surface area contributed by atoms with E-state index < -0.39 is 10.0 Å². The first kappa shape index (κ1) is 17.1. The molecule has 20 heavy (non-hydrogen) atoms. The highest BCUT2D eigenvalue weighted by Crippen LogP contribution is 2.25. The van der Waals surface area contributed by atoms with E-state index in [4.69, 9.17) is 5.73 Å². The summed E-state index contributed by atoms with van der Waals surface area (Å²) in [6.07, 6.45) is 1.81. The van der Waals surface area contributed by atoms with Crippen molar-refractivity contribution in [1.29, 1.82) is 0 Å². The summed E-state index contributed by atoms with van der Waals surface area (Å²) in [6, 6.07) is 3.61. The first-order valence-corrected chi connectivity index (χ1v) is 8.47. The van der Waals surface area contributed by atoms with Crippen molar-refractivity contribution >= 4 is 10.0 Å². The Balaban J connectivity index is 3.28. The average Bonchev–Trinajstić information content (AvgIpc) is 2.37. The maximum atomic E-state index is 12.7. The number of rotatable bonds is 6. The van der Waals surface area contributed by atoms with Gasteiger partial charge in [-0.1, -0.05) is 19.4 Å².